The first-order valence-electron chi connectivity index (χ1n) is 9.83. The second-order valence-electron chi connectivity index (χ2n) is 7.38. The molecule has 1 heteroatoms. The lowest BCUT2D eigenvalue weighted by Crippen LogP contribution is -2.27. The van der Waals surface area contributed by atoms with Crippen LogP contribution >= 0.6 is 0 Å². The van der Waals surface area contributed by atoms with Crippen LogP contribution in [0.5, 0.6) is 0 Å². The predicted octanol–water partition coefficient (Wildman–Crippen LogP) is 6.19. The summed E-state index contributed by atoms with van der Waals surface area (Å²) in [6, 6.07) is 28.1. The van der Waals surface area contributed by atoms with Gasteiger partial charge in [-0.3, -0.25) is 0 Å². The molecule has 0 saturated carbocycles. The molecule has 0 N–H and O–H groups in total. The smallest absolute Gasteiger partial charge is 0.176 e. The minimum atomic E-state index is 1.05. The first-order valence-corrected chi connectivity index (χ1v) is 9.83. The molecule has 0 atom stereocenters. The van der Waals surface area contributed by atoms with E-state index in [0.29, 0.717) is 0 Å². The topological polar surface area (TPSA) is 3.88 Å². The Morgan fingerprint density at radius 2 is 1.14 bits per heavy atom. The van der Waals surface area contributed by atoms with Crippen molar-refractivity contribution in [3.05, 3.63) is 102 Å². The Bertz CT molecular complexity index is 1220. The van der Waals surface area contributed by atoms with Crippen LogP contribution in [0.1, 0.15) is 18.1 Å². The summed E-state index contributed by atoms with van der Waals surface area (Å²) in [5.74, 6) is 6.12. The molecule has 29 heavy (non-hydrogen) atoms. The van der Waals surface area contributed by atoms with Gasteiger partial charge in [-0.2, -0.15) is 0 Å². The van der Waals surface area contributed by atoms with Crippen molar-refractivity contribution in [2.45, 2.75) is 13.8 Å². The lowest BCUT2D eigenvalue weighted by molar-refractivity contribution is -0.671. The molecule has 140 valence electrons. The molecule has 0 saturated heterocycles. The van der Waals surface area contributed by atoms with Gasteiger partial charge in [-0.25, -0.2) is 4.57 Å². The normalized spacial score (nSPS) is 10.3. The summed E-state index contributed by atoms with van der Waals surface area (Å²) in [6.45, 7) is 4.00. The van der Waals surface area contributed by atoms with E-state index in [4.69, 9.17) is 0 Å². The number of pyridine rings is 1. The average Bonchev–Trinajstić information content (AvgIpc) is 2.74. The number of rotatable bonds is 3. The van der Waals surface area contributed by atoms with Crippen LogP contribution in [-0.2, 0) is 7.05 Å². The Morgan fingerprint density at radius 1 is 0.621 bits per heavy atom. The molecular formula is C28H24N+. The lowest BCUT2D eigenvalue weighted by atomic mass is 9.96. The van der Waals surface area contributed by atoms with Crippen LogP contribution in [0.2, 0.25) is 0 Å². The third kappa shape index (κ3) is 4.28. The van der Waals surface area contributed by atoms with E-state index >= 15 is 0 Å². The van der Waals surface area contributed by atoms with E-state index in [-0.39, 0.29) is 0 Å². The van der Waals surface area contributed by atoms with Gasteiger partial charge in [0, 0.05) is 16.7 Å². The molecule has 0 unspecified atom stereocenters. The van der Waals surface area contributed by atoms with Crippen molar-refractivity contribution in [2.75, 3.05) is 0 Å². The second-order valence-corrected chi connectivity index (χ2v) is 7.38. The number of aryl methyl sites for hydroxylation is 2. The van der Waals surface area contributed by atoms with Crippen LogP contribution in [0, 0.1) is 18.8 Å². The maximum absolute atomic E-state index is 3.15. The molecule has 0 radical (unpaired) electrons. The molecular weight excluding hydrogens is 350 g/mol. The van der Waals surface area contributed by atoms with E-state index in [2.05, 4.69) is 122 Å². The van der Waals surface area contributed by atoms with Gasteiger partial charge in [-0.15, -0.1) is 5.92 Å². The minimum Gasteiger partial charge on any atom is -0.207 e. The Labute approximate surface area is 173 Å². The summed E-state index contributed by atoms with van der Waals surface area (Å²) in [5, 5.41) is 0. The van der Waals surface area contributed by atoms with Crippen LogP contribution in [-0.4, -0.2) is 0 Å². The number of aromatic nitrogens is 1. The summed E-state index contributed by atoms with van der Waals surface area (Å²) >= 11 is 0. The third-order valence-corrected chi connectivity index (χ3v) is 4.99. The Kier molecular flexibility index (Phi) is 5.27. The third-order valence-electron chi connectivity index (χ3n) is 4.99. The maximum atomic E-state index is 3.15. The van der Waals surface area contributed by atoms with Crippen molar-refractivity contribution in [1.82, 2.24) is 0 Å². The fraction of sp³-hybridized carbons (Fsp3) is 0.107. The minimum absolute atomic E-state index is 1.05. The fourth-order valence-electron chi connectivity index (χ4n) is 3.73. The highest BCUT2D eigenvalue weighted by Crippen LogP contribution is 2.29. The van der Waals surface area contributed by atoms with Crippen molar-refractivity contribution in [3.63, 3.8) is 0 Å². The summed E-state index contributed by atoms with van der Waals surface area (Å²) in [6.07, 6.45) is 4.30. The molecule has 1 aromatic heterocycles. The molecule has 0 amide bonds. The highest BCUT2D eigenvalue weighted by atomic mass is 14.9. The van der Waals surface area contributed by atoms with E-state index in [1.165, 1.54) is 38.9 Å². The summed E-state index contributed by atoms with van der Waals surface area (Å²) in [7, 11) is 2.07. The van der Waals surface area contributed by atoms with Gasteiger partial charge in [-0.05, 0) is 72.0 Å². The predicted molar refractivity (Wildman–Crippen MR) is 121 cm³/mol. The summed E-state index contributed by atoms with van der Waals surface area (Å²) in [4.78, 5) is 0. The van der Waals surface area contributed by atoms with Crippen molar-refractivity contribution in [3.8, 4) is 45.2 Å². The summed E-state index contributed by atoms with van der Waals surface area (Å²) in [5.41, 5.74) is 9.59. The molecule has 1 nitrogen and oxygen atoms in total. The van der Waals surface area contributed by atoms with Gasteiger partial charge in [0.2, 0.25) is 0 Å². The molecule has 3 aromatic carbocycles. The molecule has 0 aliphatic rings. The molecule has 0 fully saturated rings. The van der Waals surface area contributed by atoms with Gasteiger partial charge < -0.3 is 0 Å². The van der Waals surface area contributed by atoms with Crippen LogP contribution < -0.4 is 4.57 Å². The summed E-state index contributed by atoms with van der Waals surface area (Å²) < 4.78 is 2.12. The lowest BCUT2D eigenvalue weighted by Gasteiger charge is -2.09. The molecule has 4 rings (SSSR count). The van der Waals surface area contributed by atoms with E-state index in [1.54, 1.807) is 0 Å². The SMILES string of the molecule is CC#Cc1cccc(-c2cccc(-c3cccc(-c4cc(C)c[n+](C)c4)c3)c2)c1. The molecule has 0 spiro atoms. The van der Waals surface area contributed by atoms with Gasteiger partial charge in [0.25, 0.3) is 0 Å². The largest absolute Gasteiger partial charge is 0.207 e. The van der Waals surface area contributed by atoms with Crippen molar-refractivity contribution in [1.29, 1.82) is 0 Å². The standard InChI is InChI=1S/C28H24N/c1-4-8-22-9-5-10-23(16-22)24-11-6-12-25(17-24)26-13-7-14-27(18-26)28-15-21(2)19-29(3)20-28/h5-7,9-20H,1-3H3/q+1. The van der Waals surface area contributed by atoms with Gasteiger partial charge in [0.15, 0.2) is 12.4 Å². The molecule has 4 aromatic rings. The first-order chi connectivity index (χ1) is 14.1. The van der Waals surface area contributed by atoms with Crippen molar-refractivity contribution >= 4 is 0 Å². The zero-order valence-electron chi connectivity index (χ0n) is 17.1. The van der Waals surface area contributed by atoms with E-state index in [9.17, 15) is 0 Å². The van der Waals surface area contributed by atoms with Crippen LogP contribution in [0.3, 0.4) is 0 Å². The van der Waals surface area contributed by atoms with E-state index in [1.807, 2.05) is 6.92 Å². The number of nitrogens with zero attached hydrogens (tertiary/aromatic N) is 1. The quantitative estimate of drug-likeness (QED) is 0.297. The van der Waals surface area contributed by atoms with Crippen LogP contribution in [0.4, 0.5) is 0 Å². The Hall–Kier alpha value is -3.63. The van der Waals surface area contributed by atoms with Crippen molar-refractivity contribution < 1.29 is 4.57 Å². The van der Waals surface area contributed by atoms with Gasteiger partial charge in [0.05, 0.1) is 0 Å². The zero-order chi connectivity index (χ0) is 20.2. The molecule has 0 aliphatic heterocycles. The van der Waals surface area contributed by atoms with E-state index < -0.39 is 0 Å². The van der Waals surface area contributed by atoms with E-state index in [0.717, 1.165) is 5.56 Å². The molecule has 0 aliphatic carbocycles. The maximum Gasteiger partial charge on any atom is 0.176 e. The van der Waals surface area contributed by atoms with Gasteiger partial charge in [-0.1, -0.05) is 54.5 Å². The van der Waals surface area contributed by atoms with Crippen molar-refractivity contribution in [2.24, 2.45) is 7.05 Å². The van der Waals surface area contributed by atoms with Gasteiger partial charge in [0.1, 0.15) is 7.05 Å². The molecule has 0 bridgehead atoms. The average molecular weight is 375 g/mol. The highest BCUT2D eigenvalue weighted by Gasteiger charge is 2.07. The van der Waals surface area contributed by atoms with Crippen LogP contribution in [0.25, 0.3) is 33.4 Å². The van der Waals surface area contributed by atoms with Gasteiger partial charge >= 0.3 is 0 Å². The number of benzene rings is 3. The Balaban J connectivity index is 1.74. The highest BCUT2D eigenvalue weighted by molar-refractivity contribution is 5.77. The first kappa shape index (κ1) is 18.7. The fourth-order valence-corrected chi connectivity index (χ4v) is 3.73. The zero-order valence-corrected chi connectivity index (χ0v) is 17.1. The Morgan fingerprint density at radius 3 is 1.69 bits per heavy atom. The second kappa shape index (κ2) is 8.17. The van der Waals surface area contributed by atoms with Crippen LogP contribution in [0.15, 0.2) is 91.3 Å². The molecule has 1 heterocycles. The monoisotopic (exact) mass is 374 g/mol. The number of hydrogen-bond donors (Lipinski definition) is 0. The number of hydrogen-bond acceptors (Lipinski definition) is 0.